The summed E-state index contributed by atoms with van der Waals surface area (Å²) in [5.41, 5.74) is 4.31. The number of nitrogens with zero attached hydrogens (tertiary/aromatic N) is 3. The van der Waals surface area contributed by atoms with Crippen LogP contribution in [0, 0.1) is 6.92 Å². The summed E-state index contributed by atoms with van der Waals surface area (Å²) in [5, 5.41) is 14.6. The molecule has 5 nitrogen and oxygen atoms in total. The lowest BCUT2D eigenvalue weighted by Crippen LogP contribution is -2.17. The number of para-hydroxylation sites is 1. The van der Waals surface area contributed by atoms with Gasteiger partial charge in [0.1, 0.15) is 0 Å². The van der Waals surface area contributed by atoms with E-state index in [1.807, 2.05) is 16.7 Å². The van der Waals surface area contributed by atoms with E-state index < -0.39 is 0 Å². The summed E-state index contributed by atoms with van der Waals surface area (Å²) in [6.07, 6.45) is 3.59. The summed E-state index contributed by atoms with van der Waals surface area (Å²) >= 11 is 3.08. The number of anilines is 1. The molecule has 3 rings (SSSR count). The molecule has 152 valence electrons. The molecule has 0 bridgehead atoms. The highest BCUT2D eigenvalue weighted by Crippen LogP contribution is 2.28. The first kappa shape index (κ1) is 21.3. The maximum atomic E-state index is 12.7. The number of hydrogen-bond acceptors (Lipinski definition) is 5. The third kappa shape index (κ3) is 4.97. The van der Waals surface area contributed by atoms with Crippen LogP contribution in [0.3, 0.4) is 0 Å². The largest absolute Gasteiger partial charge is 0.325 e. The van der Waals surface area contributed by atoms with Crippen molar-refractivity contribution in [1.29, 1.82) is 0 Å². The van der Waals surface area contributed by atoms with Gasteiger partial charge in [0.05, 0.1) is 5.75 Å². The van der Waals surface area contributed by atoms with Gasteiger partial charge in [0, 0.05) is 28.1 Å². The van der Waals surface area contributed by atoms with Gasteiger partial charge in [0.2, 0.25) is 5.91 Å². The van der Waals surface area contributed by atoms with E-state index >= 15 is 0 Å². The number of benzene rings is 1. The zero-order valence-electron chi connectivity index (χ0n) is 17.1. The highest BCUT2D eigenvalue weighted by atomic mass is 32.2. The molecule has 0 aliphatic rings. The second-order valence-electron chi connectivity index (χ2n) is 6.65. The summed E-state index contributed by atoms with van der Waals surface area (Å²) in [6.45, 7) is 10.7. The normalized spacial score (nSPS) is 10.9. The Morgan fingerprint density at radius 2 is 2.00 bits per heavy atom. The number of rotatable bonds is 9. The van der Waals surface area contributed by atoms with E-state index in [4.69, 9.17) is 0 Å². The van der Waals surface area contributed by atoms with Crippen molar-refractivity contribution in [2.45, 2.75) is 45.3 Å². The Bertz CT molecular complexity index is 984. The zero-order valence-corrected chi connectivity index (χ0v) is 18.7. The van der Waals surface area contributed by atoms with Crippen molar-refractivity contribution in [3.63, 3.8) is 0 Å². The molecule has 0 aliphatic heterocycles. The molecule has 7 heteroatoms. The first-order chi connectivity index (χ1) is 14.1. The molecule has 0 radical (unpaired) electrons. The Balaban J connectivity index is 1.74. The molecule has 1 aromatic carbocycles. The average Bonchev–Trinajstić information content (AvgIpc) is 3.32. The smallest absolute Gasteiger partial charge is 0.234 e. The molecule has 0 saturated heterocycles. The van der Waals surface area contributed by atoms with Crippen LogP contribution in [0.4, 0.5) is 5.69 Å². The Morgan fingerprint density at radius 3 is 2.59 bits per heavy atom. The van der Waals surface area contributed by atoms with Crippen LogP contribution in [0.5, 0.6) is 0 Å². The maximum Gasteiger partial charge on any atom is 0.234 e. The van der Waals surface area contributed by atoms with Gasteiger partial charge < -0.3 is 5.32 Å². The number of thiophene rings is 1. The second-order valence-corrected chi connectivity index (χ2v) is 8.70. The van der Waals surface area contributed by atoms with Gasteiger partial charge in [-0.05, 0) is 37.0 Å². The SMILES string of the molecule is C=CCn1c(SCC(=O)Nc2c(CC)cccc2CC)nnc1-c1csc(C)c1. The molecule has 2 heterocycles. The molecule has 3 aromatic rings. The zero-order chi connectivity index (χ0) is 20.8. The molecule has 0 spiro atoms. The van der Waals surface area contributed by atoms with Crippen LogP contribution < -0.4 is 5.32 Å². The molecular weight excluding hydrogens is 400 g/mol. The fourth-order valence-corrected chi connectivity index (χ4v) is 4.60. The Labute approximate surface area is 180 Å². The third-order valence-electron chi connectivity index (χ3n) is 4.61. The Hall–Kier alpha value is -2.38. The predicted molar refractivity (Wildman–Crippen MR) is 123 cm³/mol. The van der Waals surface area contributed by atoms with E-state index in [2.05, 4.69) is 66.4 Å². The minimum atomic E-state index is -0.0355. The highest BCUT2D eigenvalue weighted by molar-refractivity contribution is 7.99. The van der Waals surface area contributed by atoms with Gasteiger partial charge in [0.15, 0.2) is 11.0 Å². The summed E-state index contributed by atoms with van der Waals surface area (Å²) in [5.74, 6) is 1.05. The van der Waals surface area contributed by atoms with Crippen molar-refractivity contribution in [3.8, 4) is 11.4 Å². The summed E-state index contributed by atoms with van der Waals surface area (Å²) < 4.78 is 2.00. The first-order valence-electron chi connectivity index (χ1n) is 9.70. The van der Waals surface area contributed by atoms with Gasteiger partial charge in [-0.1, -0.05) is 49.9 Å². The first-order valence-corrected chi connectivity index (χ1v) is 11.6. The van der Waals surface area contributed by atoms with Crippen molar-refractivity contribution in [2.75, 3.05) is 11.1 Å². The van der Waals surface area contributed by atoms with E-state index in [1.54, 1.807) is 11.3 Å². The quantitative estimate of drug-likeness (QED) is 0.370. The number of hydrogen-bond donors (Lipinski definition) is 1. The van der Waals surface area contributed by atoms with E-state index in [0.29, 0.717) is 6.54 Å². The van der Waals surface area contributed by atoms with Crippen molar-refractivity contribution < 1.29 is 4.79 Å². The van der Waals surface area contributed by atoms with Gasteiger partial charge in [-0.2, -0.15) is 0 Å². The van der Waals surface area contributed by atoms with Gasteiger partial charge in [-0.15, -0.1) is 28.1 Å². The van der Waals surface area contributed by atoms with Crippen LogP contribution in [-0.2, 0) is 24.2 Å². The minimum Gasteiger partial charge on any atom is -0.325 e. The maximum absolute atomic E-state index is 12.7. The van der Waals surface area contributed by atoms with Crippen molar-refractivity contribution in [2.24, 2.45) is 0 Å². The van der Waals surface area contributed by atoms with E-state index in [-0.39, 0.29) is 11.7 Å². The molecule has 0 fully saturated rings. The van der Waals surface area contributed by atoms with E-state index in [9.17, 15) is 4.79 Å². The van der Waals surface area contributed by atoms with Crippen LogP contribution in [0.15, 0.2) is 47.5 Å². The molecule has 2 aromatic heterocycles. The summed E-state index contributed by atoms with van der Waals surface area (Å²) in [4.78, 5) is 13.9. The molecule has 0 unspecified atom stereocenters. The summed E-state index contributed by atoms with van der Waals surface area (Å²) in [7, 11) is 0. The molecule has 0 saturated carbocycles. The fraction of sp³-hybridized carbons (Fsp3) is 0.318. The number of carbonyl (C=O) groups excluding carboxylic acids is 1. The van der Waals surface area contributed by atoms with Crippen molar-refractivity contribution in [1.82, 2.24) is 14.8 Å². The molecule has 1 N–H and O–H groups in total. The van der Waals surface area contributed by atoms with Crippen molar-refractivity contribution >= 4 is 34.7 Å². The number of thioether (sulfide) groups is 1. The van der Waals surface area contributed by atoms with Crippen LogP contribution in [-0.4, -0.2) is 26.4 Å². The van der Waals surface area contributed by atoms with Crippen molar-refractivity contribution in [3.05, 3.63) is 58.3 Å². The molecule has 0 aliphatic carbocycles. The standard InChI is InChI=1S/C22H26N4OS2/c1-5-11-26-21(18-12-15(4)28-13-18)24-25-22(26)29-14-19(27)23-20-16(6-2)9-8-10-17(20)7-3/h5,8-10,12-13H,1,6-7,11,14H2,2-4H3,(H,23,27). The van der Waals surface area contributed by atoms with E-state index in [1.165, 1.54) is 16.6 Å². The number of aryl methyl sites for hydroxylation is 3. The number of carbonyl (C=O) groups is 1. The summed E-state index contributed by atoms with van der Waals surface area (Å²) in [6, 6.07) is 8.28. The van der Waals surface area contributed by atoms with Gasteiger partial charge in [-0.25, -0.2) is 0 Å². The van der Waals surface area contributed by atoms with Gasteiger partial charge >= 0.3 is 0 Å². The second kappa shape index (κ2) is 9.89. The van der Waals surface area contributed by atoms with Crippen LogP contribution >= 0.6 is 23.1 Å². The third-order valence-corrected chi connectivity index (χ3v) is 6.44. The van der Waals surface area contributed by atoms with Crippen LogP contribution in [0.2, 0.25) is 0 Å². The van der Waals surface area contributed by atoms with Gasteiger partial charge in [-0.3, -0.25) is 9.36 Å². The Morgan fingerprint density at radius 1 is 1.28 bits per heavy atom. The number of allylic oxidation sites excluding steroid dienone is 1. The lowest BCUT2D eigenvalue weighted by atomic mass is 10.0. The molecule has 29 heavy (non-hydrogen) atoms. The topological polar surface area (TPSA) is 59.8 Å². The lowest BCUT2D eigenvalue weighted by Gasteiger charge is -2.14. The fourth-order valence-electron chi connectivity index (χ4n) is 3.17. The van der Waals surface area contributed by atoms with E-state index in [0.717, 1.165) is 46.2 Å². The number of nitrogens with one attached hydrogen (secondary N) is 1. The average molecular weight is 427 g/mol. The number of amides is 1. The highest BCUT2D eigenvalue weighted by Gasteiger charge is 2.17. The van der Waals surface area contributed by atoms with Crippen LogP contribution in [0.25, 0.3) is 11.4 Å². The lowest BCUT2D eigenvalue weighted by molar-refractivity contribution is -0.113. The Kier molecular flexibility index (Phi) is 7.28. The monoisotopic (exact) mass is 426 g/mol. The predicted octanol–water partition coefficient (Wildman–Crippen LogP) is 5.36. The van der Waals surface area contributed by atoms with Gasteiger partial charge in [0.25, 0.3) is 0 Å². The van der Waals surface area contributed by atoms with Crippen LogP contribution in [0.1, 0.15) is 29.9 Å². The minimum absolute atomic E-state index is 0.0355. The molecular formula is C22H26N4OS2. The number of aromatic nitrogens is 3. The molecule has 1 amide bonds. The molecule has 0 atom stereocenters.